The third kappa shape index (κ3) is 3.55. The summed E-state index contributed by atoms with van der Waals surface area (Å²) in [6.45, 7) is 2.53. The first-order chi connectivity index (χ1) is 11.3. The number of para-hydroxylation sites is 1. The number of rotatable bonds is 5. The molecule has 0 radical (unpaired) electrons. The molecule has 0 spiro atoms. The average Bonchev–Trinajstić information content (AvgIpc) is 3.32. The summed E-state index contributed by atoms with van der Waals surface area (Å²) in [6, 6.07) is 8.37. The number of hydrogen-bond donors (Lipinski definition) is 0. The highest BCUT2D eigenvalue weighted by Gasteiger charge is 2.29. The molecule has 1 saturated carbocycles. The number of nitrogens with zero attached hydrogens (tertiary/aromatic N) is 3. The fourth-order valence-electron chi connectivity index (χ4n) is 3.29. The molecule has 1 aromatic heterocycles. The Morgan fingerprint density at radius 3 is 2.96 bits per heavy atom. The van der Waals surface area contributed by atoms with Gasteiger partial charge in [-0.25, -0.2) is 0 Å². The molecule has 5 heteroatoms. The van der Waals surface area contributed by atoms with Gasteiger partial charge in [0.15, 0.2) is 5.82 Å². The van der Waals surface area contributed by atoms with Gasteiger partial charge in [0.25, 0.3) is 0 Å². The van der Waals surface area contributed by atoms with Crippen LogP contribution in [0, 0.1) is 5.92 Å². The Labute approximate surface area is 136 Å². The van der Waals surface area contributed by atoms with Gasteiger partial charge in [0, 0.05) is 12.5 Å². The Balaban J connectivity index is 1.35. The van der Waals surface area contributed by atoms with Crippen molar-refractivity contribution in [3.05, 3.63) is 41.5 Å². The third-order valence-corrected chi connectivity index (χ3v) is 4.67. The SMILES string of the molecule is CN(Cc1nc(C2CC2)no1)C[C@H]1CCOc2ccccc2C1. The number of hydrogen-bond acceptors (Lipinski definition) is 5. The summed E-state index contributed by atoms with van der Waals surface area (Å²) >= 11 is 0. The van der Waals surface area contributed by atoms with Crippen molar-refractivity contribution in [2.75, 3.05) is 20.2 Å². The van der Waals surface area contributed by atoms with Gasteiger partial charge in [-0.1, -0.05) is 23.4 Å². The van der Waals surface area contributed by atoms with Crippen LogP contribution in [0.3, 0.4) is 0 Å². The van der Waals surface area contributed by atoms with Crippen LogP contribution in [-0.4, -0.2) is 35.2 Å². The van der Waals surface area contributed by atoms with Crippen molar-refractivity contribution in [3.63, 3.8) is 0 Å². The molecule has 23 heavy (non-hydrogen) atoms. The molecule has 5 nitrogen and oxygen atoms in total. The largest absolute Gasteiger partial charge is 0.493 e. The molecule has 122 valence electrons. The van der Waals surface area contributed by atoms with Gasteiger partial charge in [-0.05, 0) is 50.3 Å². The van der Waals surface area contributed by atoms with Gasteiger partial charge in [0.1, 0.15) is 5.75 Å². The zero-order valence-corrected chi connectivity index (χ0v) is 13.6. The van der Waals surface area contributed by atoms with Crippen LogP contribution in [0.1, 0.15) is 42.5 Å². The predicted molar refractivity (Wildman–Crippen MR) is 86.4 cm³/mol. The molecule has 1 fully saturated rings. The molecule has 1 aromatic carbocycles. The highest BCUT2D eigenvalue weighted by atomic mass is 16.5. The zero-order valence-electron chi connectivity index (χ0n) is 13.6. The van der Waals surface area contributed by atoms with E-state index < -0.39 is 0 Å². The second-order valence-electron chi connectivity index (χ2n) is 6.83. The molecule has 2 heterocycles. The van der Waals surface area contributed by atoms with Crippen molar-refractivity contribution in [1.82, 2.24) is 15.0 Å². The van der Waals surface area contributed by atoms with Gasteiger partial charge in [-0.2, -0.15) is 4.98 Å². The van der Waals surface area contributed by atoms with E-state index in [1.807, 2.05) is 6.07 Å². The van der Waals surface area contributed by atoms with Crippen LogP contribution in [0.25, 0.3) is 0 Å². The minimum absolute atomic E-state index is 0.549. The number of fused-ring (bicyclic) bond motifs is 1. The van der Waals surface area contributed by atoms with Gasteiger partial charge in [-0.15, -0.1) is 0 Å². The molecular weight excluding hydrogens is 290 g/mol. The van der Waals surface area contributed by atoms with Crippen LogP contribution in [0.2, 0.25) is 0 Å². The van der Waals surface area contributed by atoms with Crippen LogP contribution in [0.5, 0.6) is 5.75 Å². The summed E-state index contributed by atoms with van der Waals surface area (Å²) in [7, 11) is 2.12. The molecule has 0 N–H and O–H groups in total. The molecule has 1 aliphatic heterocycles. The molecule has 0 unspecified atom stereocenters. The lowest BCUT2D eigenvalue weighted by atomic mass is 9.96. The lowest BCUT2D eigenvalue weighted by molar-refractivity contribution is 0.213. The van der Waals surface area contributed by atoms with E-state index in [-0.39, 0.29) is 0 Å². The van der Waals surface area contributed by atoms with Gasteiger partial charge >= 0.3 is 0 Å². The fraction of sp³-hybridized carbons (Fsp3) is 0.556. The molecule has 4 rings (SSSR count). The van der Waals surface area contributed by atoms with Crippen LogP contribution >= 0.6 is 0 Å². The van der Waals surface area contributed by atoms with Crippen LogP contribution in [0.4, 0.5) is 0 Å². The van der Waals surface area contributed by atoms with Crippen molar-refractivity contribution < 1.29 is 9.26 Å². The van der Waals surface area contributed by atoms with E-state index in [0.29, 0.717) is 11.8 Å². The molecule has 0 amide bonds. The molecule has 2 aromatic rings. The van der Waals surface area contributed by atoms with Gasteiger partial charge in [0.2, 0.25) is 5.89 Å². The smallest absolute Gasteiger partial charge is 0.240 e. The highest BCUT2D eigenvalue weighted by molar-refractivity contribution is 5.34. The van der Waals surface area contributed by atoms with Crippen LogP contribution in [0.15, 0.2) is 28.8 Å². The molecular formula is C18H23N3O2. The summed E-state index contributed by atoms with van der Waals surface area (Å²) in [6.07, 6.45) is 4.56. The van der Waals surface area contributed by atoms with E-state index in [1.165, 1.54) is 18.4 Å². The summed E-state index contributed by atoms with van der Waals surface area (Å²) in [5.41, 5.74) is 1.32. The second-order valence-corrected chi connectivity index (χ2v) is 6.83. The van der Waals surface area contributed by atoms with Gasteiger partial charge in [0.05, 0.1) is 13.2 Å². The predicted octanol–water partition coefficient (Wildman–Crippen LogP) is 3.02. The van der Waals surface area contributed by atoms with E-state index in [1.54, 1.807) is 0 Å². The van der Waals surface area contributed by atoms with Crippen molar-refractivity contribution in [1.29, 1.82) is 0 Å². The number of ether oxygens (including phenoxy) is 1. The Bertz CT molecular complexity index is 666. The Kier molecular flexibility index (Phi) is 4.04. The average molecular weight is 313 g/mol. The summed E-state index contributed by atoms with van der Waals surface area (Å²) in [5, 5.41) is 4.09. The standard InChI is InChI=1S/C18H23N3O2/c1-21(12-17-19-18(20-23-17)14-6-7-14)11-13-8-9-22-16-5-3-2-4-15(16)10-13/h2-5,13-14H,6-12H2,1H3/t13-/m0/s1. The van der Waals surface area contributed by atoms with Crippen molar-refractivity contribution in [3.8, 4) is 5.75 Å². The third-order valence-electron chi connectivity index (χ3n) is 4.67. The van der Waals surface area contributed by atoms with Crippen molar-refractivity contribution >= 4 is 0 Å². The maximum absolute atomic E-state index is 5.86. The summed E-state index contributed by atoms with van der Waals surface area (Å²) in [5.74, 6) is 3.82. The van der Waals surface area contributed by atoms with Gasteiger partial charge in [-0.3, -0.25) is 4.90 Å². The Morgan fingerprint density at radius 2 is 2.09 bits per heavy atom. The lowest BCUT2D eigenvalue weighted by Gasteiger charge is -2.21. The second kappa shape index (κ2) is 6.32. The zero-order chi connectivity index (χ0) is 15.6. The van der Waals surface area contributed by atoms with E-state index in [2.05, 4.69) is 40.3 Å². The topological polar surface area (TPSA) is 51.4 Å². The quantitative estimate of drug-likeness (QED) is 0.849. The normalized spacial score (nSPS) is 20.9. The molecule has 1 aliphatic carbocycles. The summed E-state index contributed by atoms with van der Waals surface area (Å²) < 4.78 is 11.2. The molecule has 0 saturated heterocycles. The molecule has 1 atom stereocenters. The minimum atomic E-state index is 0.549. The van der Waals surface area contributed by atoms with E-state index in [0.717, 1.165) is 50.0 Å². The Hall–Kier alpha value is -1.88. The molecule has 2 aliphatic rings. The van der Waals surface area contributed by atoms with Crippen LogP contribution < -0.4 is 4.74 Å². The lowest BCUT2D eigenvalue weighted by Crippen LogP contribution is -2.27. The van der Waals surface area contributed by atoms with Crippen molar-refractivity contribution in [2.45, 2.75) is 38.1 Å². The number of aromatic nitrogens is 2. The highest BCUT2D eigenvalue weighted by Crippen LogP contribution is 2.38. The van der Waals surface area contributed by atoms with E-state index in [9.17, 15) is 0 Å². The molecule has 0 bridgehead atoms. The summed E-state index contributed by atoms with van der Waals surface area (Å²) in [4.78, 5) is 6.80. The first-order valence-corrected chi connectivity index (χ1v) is 8.49. The van der Waals surface area contributed by atoms with E-state index >= 15 is 0 Å². The minimum Gasteiger partial charge on any atom is -0.493 e. The first kappa shape index (κ1) is 14.7. The van der Waals surface area contributed by atoms with Gasteiger partial charge < -0.3 is 9.26 Å². The monoisotopic (exact) mass is 313 g/mol. The van der Waals surface area contributed by atoms with Crippen molar-refractivity contribution in [2.24, 2.45) is 5.92 Å². The number of benzene rings is 1. The van der Waals surface area contributed by atoms with Crippen LogP contribution in [-0.2, 0) is 13.0 Å². The Morgan fingerprint density at radius 1 is 1.22 bits per heavy atom. The first-order valence-electron chi connectivity index (χ1n) is 8.49. The maximum Gasteiger partial charge on any atom is 0.240 e. The van der Waals surface area contributed by atoms with E-state index in [4.69, 9.17) is 9.26 Å². The maximum atomic E-state index is 5.86. The fourth-order valence-corrected chi connectivity index (χ4v) is 3.29.